The number of benzene rings is 2. The molecule has 0 unspecified atom stereocenters. The van der Waals surface area contributed by atoms with Crippen LogP contribution in [0.1, 0.15) is 36.3 Å². The molecule has 8 nitrogen and oxygen atoms in total. The number of nitrogens with one attached hydrogen (secondary N) is 2. The monoisotopic (exact) mass is 486 g/mol. The number of hydrogen-bond donors (Lipinski definition) is 3. The van der Waals surface area contributed by atoms with Gasteiger partial charge in [-0.05, 0) is 87.8 Å². The van der Waals surface area contributed by atoms with Gasteiger partial charge in [-0.3, -0.25) is 10.1 Å². The number of nitrogen functional groups attached to an aromatic ring is 1. The Morgan fingerprint density at radius 2 is 1.67 bits per heavy atom. The van der Waals surface area contributed by atoms with Crippen LogP contribution in [0.15, 0.2) is 54.9 Å². The second-order valence-corrected chi connectivity index (χ2v) is 10.1. The molecule has 2 aliphatic rings. The molecule has 1 fully saturated rings. The number of piperidine rings is 1. The lowest BCUT2D eigenvalue weighted by molar-refractivity contribution is -0.384. The fraction of sp³-hybridized carbons (Fsp3) is 0.357. The molecule has 0 radical (unpaired) electrons. The second kappa shape index (κ2) is 10.2. The molecular formula is C28H34N6O2. The van der Waals surface area contributed by atoms with E-state index < -0.39 is 0 Å². The van der Waals surface area contributed by atoms with Crippen LogP contribution in [0.4, 0.5) is 11.4 Å². The van der Waals surface area contributed by atoms with E-state index in [4.69, 9.17) is 5.73 Å². The lowest BCUT2D eigenvalue weighted by Crippen LogP contribution is -2.29. The molecule has 0 saturated carbocycles. The van der Waals surface area contributed by atoms with Gasteiger partial charge in [0.15, 0.2) is 0 Å². The summed E-state index contributed by atoms with van der Waals surface area (Å²) in [6, 6.07) is 11.1. The summed E-state index contributed by atoms with van der Waals surface area (Å²) in [5.41, 5.74) is 12.8. The summed E-state index contributed by atoms with van der Waals surface area (Å²) in [7, 11) is 4.29. The van der Waals surface area contributed by atoms with Crippen LogP contribution in [0.2, 0.25) is 0 Å². The molecule has 36 heavy (non-hydrogen) atoms. The predicted molar refractivity (Wildman–Crippen MR) is 147 cm³/mol. The predicted octanol–water partition coefficient (Wildman–Crippen LogP) is 5.35. The molecule has 188 valence electrons. The first-order chi connectivity index (χ1) is 17.4. The Hall–Kier alpha value is -3.62. The van der Waals surface area contributed by atoms with Crippen LogP contribution >= 0.6 is 0 Å². The third-order valence-corrected chi connectivity index (χ3v) is 7.53. The standard InChI is InChI=1S/C14H15N3O2.C14H19N3/c1-16-6-4-10(5-7-16)13-9-15-14-3-2-11(17(18)19)8-12(13)14;1-17-6-4-10(5-7-17)13-9-16-14-3-2-11(15)8-12(13)14/h2-4,8-9,15H,5-7H2,1H3;2-3,8-10,16H,4-7,15H2,1H3. The minimum absolute atomic E-state index is 0.141. The van der Waals surface area contributed by atoms with Gasteiger partial charge >= 0.3 is 0 Å². The van der Waals surface area contributed by atoms with E-state index in [0.29, 0.717) is 5.92 Å². The van der Waals surface area contributed by atoms with Crippen LogP contribution in [-0.4, -0.2) is 65.0 Å². The van der Waals surface area contributed by atoms with Crippen LogP contribution in [0.5, 0.6) is 0 Å². The summed E-state index contributed by atoms with van der Waals surface area (Å²) in [5.74, 6) is 0.682. The fourth-order valence-corrected chi connectivity index (χ4v) is 5.32. The van der Waals surface area contributed by atoms with Crippen LogP contribution in [0, 0.1) is 10.1 Å². The molecule has 4 N–H and O–H groups in total. The quantitative estimate of drug-likeness (QED) is 0.205. The maximum atomic E-state index is 10.9. The number of likely N-dealkylation sites (tertiary alicyclic amines) is 1. The third-order valence-electron chi connectivity index (χ3n) is 7.53. The lowest BCUT2D eigenvalue weighted by atomic mass is 9.89. The highest BCUT2D eigenvalue weighted by atomic mass is 16.6. The topological polar surface area (TPSA) is 107 Å². The number of non-ortho nitro benzene ring substituents is 1. The van der Waals surface area contributed by atoms with E-state index in [1.165, 1.54) is 54.0 Å². The normalized spacial score (nSPS) is 17.7. The van der Waals surface area contributed by atoms with Crippen molar-refractivity contribution in [2.45, 2.75) is 25.2 Å². The Morgan fingerprint density at radius 1 is 0.944 bits per heavy atom. The number of fused-ring (bicyclic) bond motifs is 2. The first-order valence-corrected chi connectivity index (χ1v) is 12.6. The van der Waals surface area contributed by atoms with E-state index in [1.54, 1.807) is 12.1 Å². The molecule has 0 bridgehead atoms. The van der Waals surface area contributed by atoms with Crippen molar-refractivity contribution in [1.29, 1.82) is 0 Å². The third kappa shape index (κ3) is 5.01. The summed E-state index contributed by atoms with van der Waals surface area (Å²) in [6.45, 7) is 4.34. The van der Waals surface area contributed by atoms with Gasteiger partial charge in [-0.2, -0.15) is 0 Å². The van der Waals surface area contributed by atoms with Crippen LogP contribution in [0.25, 0.3) is 27.4 Å². The van der Waals surface area contributed by atoms with E-state index in [2.05, 4.69) is 58.3 Å². The van der Waals surface area contributed by atoms with Crippen molar-refractivity contribution < 1.29 is 4.92 Å². The number of likely N-dealkylation sites (N-methyl/N-ethyl adjacent to an activating group) is 1. The van der Waals surface area contributed by atoms with E-state index in [-0.39, 0.29) is 10.6 Å². The molecule has 0 amide bonds. The molecule has 2 aromatic heterocycles. The average molecular weight is 487 g/mol. The fourth-order valence-electron chi connectivity index (χ4n) is 5.32. The first kappa shape index (κ1) is 24.1. The number of nitro benzene ring substituents is 1. The van der Waals surface area contributed by atoms with Crippen molar-refractivity contribution >= 4 is 38.8 Å². The maximum absolute atomic E-state index is 10.9. The summed E-state index contributed by atoms with van der Waals surface area (Å²) >= 11 is 0. The summed E-state index contributed by atoms with van der Waals surface area (Å²) in [4.78, 5) is 21.7. The van der Waals surface area contributed by atoms with Crippen molar-refractivity contribution in [3.63, 3.8) is 0 Å². The number of nitro groups is 1. The minimum atomic E-state index is -0.348. The van der Waals surface area contributed by atoms with Gasteiger partial charge in [0.25, 0.3) is 5.69 Å². The molecule has 2 aliphatic heterocycles. The number of hydrogen-bond acceptors (Lipinski definition) is 5. The van der Waals surface area contributed by atoms with Crippen molar-refractivity contribution in [2.75, 3.05) is 46.0 Å². The Kier molecular flexibility index (Phi) is 6.80. The molecule has 4 aromatic rings. The number of anilines is 1. The molecule has 2 aromatic carbocycles. The zero-order chi connectivity index (χ0) is 25.2. The van der Waals surface area contributed by atoms with Gasteiger partial charge in [0, 0.05) is 70.7 Å². The zero-order valence-electron chi connectivity index (χ0n) is 21.0. The Balaban J connectivity index is 0.000000149. The van der Waals surface area contributed by atoms with Gasteiger partial charge in [0.2, 0.25) is 0 Å². The molecule has 4 heterocycles. The van der Waals surface area contributed by atoms with Gasteiger partial charge in [-0.25, -0.2) is 0 Å². The number of aromatic amines is 2. The SMILES string of the molecule is CN1CC=C(c2c[nH]c3ccc([N+](=O)[O-])cc23)CC1.CN1CCC(c2c[nH]c3ccc(N)cc23)CC1. The highest BCUT2D eigenvalue weighted by Gasteiger charge is 2.21. The van der Waals surface area contributed by atoms with Gasteiger partial charge in [-0.15, -0.1) is 0 Å². The molecular weight excluding hydrogens is 452 g/mol. The zero-order valence-corrected chi connectivity index (χ0v) is 21.0. The van der Waals surface area contributed by atoms with Crippen molar-refractivity contribution in [3.8, 4) is 0 Å². The largest absolute Gasteiger partial charge is 0.399 e. The van der Waals surface area contributed by atoms with Crippen molar-refractivity contribution in [2.24, 2.45) is 0 Å². The van der Waals surface area contributed by atoms with Gasteiger partial charge < -0.3 is 25.5 Å². The van der Waals surface area contributed by atoms with Crippen LogP contribution in [0.3, 0.4) is 0 Å². The average Bonchev–Trinajstić information content (AvgIpc) is 3.49. The molecule has 1 saturated heterocycles. The number of nitrogens with zero attached hydrogens (tertiary/aromatic N) is 3. The molecule has 6 rings (SSSR count). The smallest absolute Gasteiger partial charge is 0.270 e. The lowest BCUT2D eigenvalue weighted by Gasteiger charge is -2.28. The van der Waals surface area contributed by atoms with E-state index in [1.807, 2.05) is 12.3 Å². The van der Waals surface area contributed by atoms with Gasteiger partial charge in [0.1, 0.15) is 0 Å². The molecule has 8 heteroatoms. The highest BCUT2D eigenvalue weighted by molar-refractivity contribution is 5.94. The van der Waals surface area contributed by atoms with E-state index in [0.717, 1.165) is 41.7 Å². The van der Waals surface area contributed by atoms with E-state index >= 15 is 0 Å². The molecule has 0 aliphatic carbocycles. The first-order valence-electron chi connectivity index (χ1n) is 12.6. The number of H-pyrrole nitrogens is 2. The van der Waals surface area contributed by atoms with Crippen LogP contribution < -0.4 is 5.73 Å². The summed E-state index contributed by atoms with van der Waals surface area (Å²) < 4.78 is 0. The van der Waals surface area contributed by atoms with Gasteiger partial charge in [0.05, 0.1) is 4.92 Å². The Labute approximate surface area is 210 Å². The maximum Gasteiger partial charge on any atom is 0.270 e. The second-order valence-electron chi connectivity index (χ2n) is 10.1. The number of nitrogens with two attached hydrogens (primary N) is 1. The Bertz CT molecular complexity index is 1410. The summed E-state index contributed by atoms with van der Waals surface area (Å²) in [6.07, 6.45) is 9.79. The summed E-state index contributed by atoms with van der Waals surface area (Å²) in [5, 5.41) is 13.1. The molecule has 0 spiro atoms. The molecule has 0 atom stereocenters. The number of rotatable bonds is 3. The van der Waals surface area contributed by atoms with Crippen molar-refractivity contribution in [3.05, 3.63) is 76.1 Å². The highest BCUT2D eigenvalue weighted by Crippen LogP contribution is 2.34. The van der Waals surface area contributed by atoms with Gasteiger partial charge in [-0.1, -0.05) is 6.08 Å². The Morgan fingerprint density at radius 3 is 2.39 bits per heavy atom. The van der Waals surface area contributed by atoms with Crippen LogP contribution in [-0.2, 0) is 0 Å². The van der Waals surface area contributed by atoms with Crippen molar-refractivity contribution in [1.82, 2.24) is 19.8 Å². The minimum Gasteiger partial charge on any atom is -0.399 e. The van der Waals surface area contributed by atoms with E-state index in [9.17, 15) is 10.1 Å². The number of aromatic nitrogens is 2.